The molecule has 4 atom stereocenters. The number of nitrogens with one attached hydrogen (secondary N) is 1. The van der Waals surface area contributed by atoms with E-state index in [0.717, 1.165) is 10.4 Å². The van der Waals surface area contributed by atoms with Crippen molar-refractivity contribution in [2.24, 2.45) is 11.8 Å². The van der Waals surface area contributed by atoms with Gasteiger partial charge in [-0.05, 0) is 36.1 Å². The first-order valence-corrected chi connectivity index (χ1v) is 10.3. The lowest BCUT2D eigenvalue weighted by molar-refractivity contribution is -0.154. The number of carbonyl (C=O) groups excluding carboxylic acids is 3. The number of fused-ring (bicyclic) bond motifs is 1. The lowest BCUT2D eigenvalue weighted by atomic mass is 9.76. The van der Waals surface area contributed by atoms with E-state index in [0.29, 0.717) is 0 Å². The molecule has 1 aromatic heterocycles. The van der Waals surface area contributed by atoms with E-state index in [9.17, 15) is 19.5 Å². The summed E-state index contributed by atoms with van der Waals surface area (Å²) in [4.78, 5) is 41.6. The number of ether oxygens (including phenoxy) is 1. The van der Waals surface area contributed by atoms with Crippen molar-refractivity contribution >= 4 is 29.1 Å². The number of nitrogens with zero attached hydrogens (tertiary/aromatic N) is 1. The number of likely N-dealkylation sites (tertiary alicyclic amines) is 1. The molecule has 1 aromatic carbocycles. The van der Waals surface area contributed by atoms with Gasteiger partial charge in [0.15, 0.2) is 0 Å². The molecule has 8 heteroatoms. The molecular weight excluding hydrogens is 392 g/mol. The molecule has 2 fully saturated rings. The van der Waals surface area contributed by atoms with Crippen LogP contribution in [-0.2, 0) is 25.5 Å². The Bertz CT molecular complexity index is 942. The number of phenolic OH excluding ortho intramolecular Hbond substituents is 1. The highest BCUT2D eigenvalue weighted by Gasteiger charge is 2.68. The molecule has 29 heavy (non-hydrogen) atoms. The molecule has 0 spiro atoms. The van der Waals surface area contributed by atoms with Gasteiger partial charge in [0.25, 0.3) is 0 Å². The third-order valence-corrected chi connectivity index (χ3v) is 6.84. The largest absolute Gasteiger partial charge is 0.508 e. The van der Waals surface area contributed by atoms with Crippen molar-refractivity contribution in [1.82, 2.24) is 10.2 Å². The van der Waals surface area contributed by atoms with E-state index in [1.54, 1.807) is 19.1 Å². The quantitative estimate of drug-likeness (QED) is 0.573. The topological polar surface area (TPSA) is 95.9 Å². The van der Waals surface area contributed by atoms with Crippen LogP contribution in [0, 0.1) is 11.8 Å². The first-order chi connectivity index (χ1) is 13.9. The van der Waals surface area contributed by atoms with Gasteiger partial charge in [0.2, 0.25) is 11.8 Å². The van der Waals surface area contributed by atoms with Crippen molar-refractivity contribution in [1.29, 1.82) is 0 Å². The summed E-state index contributed by atoms with van der Waals surface area (Å²) in [5, 5.41) is 14.8. The molecule has 0 aliphatic carbocycles. The Morgan fingerprint density at radius 2 is 1.97 bits per heavy atom. The maximum absolute atomic E-state index is 13.2. The van der Waals surface area contributed by atoms with E-state index in [2.05, 4.69) is 5.32 Å². The van der Waals surface area contributed by atoms with Crippen LogP contribution in [0.25, 0.3) is 0 Å². The predicted octanol–water partition coefficient (Wildman–Crippen LogP) is 1.87. The zero-order valence-corrected chi connectivity index (χ0v) is 16.9. The monoisotopic (exact) mass is 414 g/mol. The van der Waals surface area contributed by atoms with E-state index >= 15 is 0 Å². The SMILES string of the molecule is CCN1C(=O)[C@H]2[C@@H](C1=O)[C@](Cc1ccc(O)cc1)(C(=O)OC)N[C@H]2c1cccs1. The molecule has 2 N–H and O–H groups in total. The molecule has 0 radical (unpaired) electrons. The highest BCUT2D eigenvalue weighted by molar-refractivity contribution is 7.10. The summed E-state index contributed by atoms with van der Waals surface area (Å²) >= 11 is 1.48. The minimum atomic E-state index is -1.37. The zero-order valence-electron chi connectivity index (χ0n) is 16.1. The summed E-state index contributed by atoms with van der Waals surface area (Å²) in [6.45, 7) is 2.02. The predicted molar refractivity (Wildman–Crippen MR) is 106 cm³/mol. The van der Waals surface area contributed by atoms with E-state index in [-0.39, 0.29) is 30.5 Å². The Labute approximate surface area is 172 Å². The molecule has 0 saturated carbocycles. The number of carbonyl (C=O) groups is 3. The van der Waals surface area contributed by atoms with Crippen molar-refractivity contribution in [3.05, 3.63) is 52.2 Å². The second-order valence-corrected chi connectivity index (χ2v) is 8.35. The van der Waals surface area contributed by atoms with Crippen LogP contribution < -0.4 is 5.32 Å². The first-order valence-electron chi connectivity index (χ1n) is 9.45. The highest BCUT2D eigenvalue weighted by Crippen LogP contribution is 2.51. The molecule has 0 bridgehead atoms. The average Bonchev–Trinajstić information content (AvgIpc) is 3.41. The molecule has 152 valence electrons. The van der Waals surface area contributed by atoms with Gasteiger partial charge in [-0.3, -0.25) is 24.6 Å². The number of thiophene rings is 1. The molecule has 2 saturated heterocycles. The van der Waals surface area contributed by atoms with Gasteiger partial charge < -0.3 is 9.84 Å². The average molecular weight is 414 g/mol. The molecule has 2 aliphatic heterocycles. The van der Waals surface area contributed by atoms with E-state index in [4.69, 9.17) is 4.74 Å². The minimum absolute atomic E-state index is 0.110. The summed E-state index contributed by atoms with van der Waals surface area (Å²) in [5.74, 6) is -2.60. The number of hydrogen-bond donors (Lipinski definition) is 2. The third-order valence-electron chi connectivity index (χ3n) is 5.88. The molecular formula is C21H22N2O5S. The molecule has 4 rings (SSSR count). The summed E-state index contributed by atoms with van der Waals surface area (Å²) in [6.07, 6.45) is 0.166. The van der Waals surface area contributed by atoms with Crippen LogP contribution in [0.1, 0.15) is 23.4 Å². The van der Waals surface area contributed by atoms with Crippen molar-refractivity contribution in [3.63, 3.8) is 0 Å². The van der Waals surface area contributed by atoms with Crippen LogP contribution >= 0.6 is 11.3 Å². The van der Waals surface area contributed by atoms with Crippen molar-refractivity contribution in [2.75, 3.05) is 13.7 Å². The summed E-state index contributed by atoms with van der Waals surface area (Å²) in [6, 6.07) is 9.80. The van der Waals surface area contributed by atoms with Gasteiger partial charge in [-0.15, -0.1) is 11.3 Å². The van der Waals surface area contributed by atoms with Crippen molar-refractivity contribution in [3.8, 4) is 5.75 Å². The maximum atomic E-state index is 13.2. The Balaban J connectivity index is 1.84. The van der Waals surface area contributed by atoms with Gasteiger partial charge in [-0.1, -0.05) is 18.2 Å². The van der Waals surface area contributed by atoms with Crippen LogP contribution in [0.5, 0.6) is 5.75 Å². The van der Waals surface area contributed by atoms with Crippen molar-refractivity contribution in [2.45, 2.75) is 24.9 Å². The number of phenols is 1. The standard InChI is InChI=1S/C21H22N2O5S/c1-3-23-18(25)15-16(19(23)26)21(20(27)28-2,11-12-6-8-13(24)9-7-12)22-17(15)14-5-4-10-29-14/h4-10,15-17,22,24H,3,11H2,1-2H3/t15-,16-,17-,21+/m0/s1. The summed E-state index contributed by atoms with van der Waals surface area (Å²) < 4.78 is 5.13. The van der Waals surface area contributed by atoms with E-state index < -0.39 is 29.4 Å². The fourth-order valence-electron chi connectivity index (χ4n) is 4.63. The summed E-state index contributed by atoms with van der Waals surface area (Å²) in [7, 11) is 1.29. The minimum Gasteiger partial charge on any atom is -0.508 e. The number of hydrogen-bond acceptors (Lipinski definition) is 7. The molecule has 2 aliphatic rings. The molecule has 2 amide bonds. The lowest BCUT2D eigenvalue weighted by Gasteiger charge is -2.32. The smallest absolute Gasteiger partial charge is 0.327 e. The van der Waals surface area contributed by atoms with Gasteiger partial charge >= 0.3 is 5.97 Å². The highest BCUT2D eigenvalue weighted by atomic mass is 32.1. The molecule has 0 unspecified atom stereocenters. The number of rotatable bonds is 5. The van der Waals surface area contributed by atoms with Gasteiger partial charge in [0, 0.05) is 17.8 Å². The van der Waals surface area contributed by atoms with Crippen LogP contribution in [-0.4, -0.2) is 47.0 Å². The molecule has 2 aromatic rings. The van der Waals surface area contributed by atoms with Crippen LogP contribution in [0.15, 0.2) is 41.8 Å². The fourth-order valence-corrected chi connectivity index (χ4v) is 5.45. The lowest BCUT2D eigenvalue weighted by Crippen LogP contribution is -2.57. The first kappa shape index (κ1) is 19.6. The maximum Gasteiger partial charge on any atom is 0.327 e. The van der Waals surface area contributed by atoms with Gasteiger partial charge in [-0.2, -0.15) is 0 Å². The fraction of sp³-hybridized carbons (Fsp3) is 0.381. The van der Waals surface area contributed by atoms with Gasteiger partial charge in [0.05, 0.1) is 25.0 Å². The normalized spacial score (nSPS) is 28.6. The second-order valence-electron chi connectivity index (χ2n) is 7.37. The number of benzene rings is 1. The number of methoxy groups -OCH3 is 1. The zero-order chi connectivity index (χ0) is 20.8. The van der Waals surface area contributed by atoms with Crippen molar-refractivity contribution < 1.29 is 24.2 Å². The van der Waals surface area contributed by atoms with E-state index in [1.807, 2.05) is 17.5 Å². The number of amides is 2. The Kier molecular flexibility index (Phi) is 4.92. The van der Waals surface area contributed by atoms with Crippen LogP contribution in [0.4, 0.5) is 0 Å². The number of aromatic hydroxyl groups is 1. The number of esters is 1. The van der Waals surface area contributed by atoms with Crippen LogP contribution in [0.2, 0.25) is 0 Å². The molecule has 7 nitrogen and oxygen atoms in total. The van der Waals surface area contributed by atoms with Gasteiger partial charge in [-0.25, -0.2) is 0 Å². The number of imide groups is 1. The second kappa shape index (κ2) is 7.27. The Morgan fingerprint density at radius 3 is 2.55 bits per heavy atom. The Morgan fingerprint density at radius 1 is 1.24 bits per heavy atom. The Hall–Kier alpha value is -2.71. The third kappa shape index (κ3) is 2.94. The van der Waals surface area contributed by atoms with Gasteiger partial charge in [0.1, 0.15) is 11.3 Å². The molecule has 3 heterocycles. The summed E-state index contributed by atoms with van der Waals surface area (Å²) in [5.41, 5.74) is -0.622. The van der Waals surface area contributed by atoms with Crippen LogP contribution in [0.3, 0.4) is 0 Å². The van der Waals surface area contributed by atoms with E-state index in [1.165, 1.54) is 35.5 Å².